The molecule has 2 amide bonds. The van der Waals surface area contributed by atoms with Crippen LogP contribution in [-0.2, 0) is 11.2 Å². The third-order valence-corrected chi connectivity index (χ3v) is 3.68. The molecule has 1 aromatic rings. The average Bonchev–Trinajstić information content (AvgIpc) is 2.47. The molecule has 23 heavy (non-hydrogen) atoms. The molecular weight excluding hydrogens is 292 g/mol. The molecule has 0 fully saturated rings. The molecule has 0 spiro atoms. The summed E-state index contributed by atoms with van der Waals surface area (Å²) in [5, 5.41) is 14.6. The summed E-state index contributed by atoms with van der Waals surface area (Å²) < 4.78 is 0. The van der Waals surface area contributed by atoms with Crippen LogP contribution in [0, 0.1) is 5.92 Å². The molecule has 0 aliphatic heterocycles. The summed E-state index contributed by atoms with van der Waals surface area (Å²) >= 11 is 0. The molecular formula is C18H28N2O3. The molecule has 1 rings (SSSR count). The Balaban J connectivity index is 2.43. The van der Waals surface area contributed by atoms with Gasteiger partial charge < -0.3 is 15.7 Å². The van der Waals surface area contributed by atoms with Gasteiger partial charge >= 0.3 is 12.0 Å². The summed E-state index contributed by atoms with van der Waals surface area (Å²) in [6, 6.07) is 7.95. The minimum Gasteiger partial charge on any atom is -0.480 e. The molecule has 0 aliphatic carbocycles. The van der Waals surface area contributed by atoms with Gasteiger partial charge in [0.2, 0.25) is 0 Å². The van der Waals surface area contributed by atoms with Crippen LogP contribution in [0.5, 0.6) is 0 Å². The highest BCUT2D eigenvalue weighted by atomic mass is 16.4. The third kappa shape index (κ3) is 8.24. The average molecular weight is 320 g/mol. The van der Waals surface area contributed by atoms with Crippen molar-refractivity contribution in [3.63, 3.8) is 0 Å². The Bertz CT molecular complexity index is 488. The van der Waals surface area contributed by atoms with E-state index in [4.69, 9.17) is 0 Å². The number of carboxylic acids is 1. The highest BCUT2D eigenvalue weighted by Gasteiger charge is 2.20. The second-order valence-corrected chi connectivity index (χ2v) is 6.42. The normalized spacial score (nSPS) is 13.4. The lowest BCUT2D eigenvalue weighted by Gasteiger charge is -2.19. The summed E-state index contributed by atoms with van der Waals surface area (Å²) in [7, 11) is 0. The number of carboxylic acid groups (broad SMARTS) is 1. The molecule has 0 unspecified atom stereocenters. The van der Waals surface area contributed by atoms with E-state index in [1.165, 1.54) is 0 Å². The van der Waals surface area contributed by atoms with Crippen LogP contribution < -0.4 is 10.6 Å². The summed E-state index contributed by atoms with van der Waals surface area (Å²) in [5.74, 6) is -0.380. The lowest BCUT2D eigenvalue weighted by Crippen LogP contribution is -2.49. The highest BCUT2D eigenvalue weighted by Crippen LogP contribution is 2.08. The second-order valence-electron chi connectivity index (χ2n) is 6.42. The van der Waals surface area contributed by atoms with E-state index in [1.54, 1.807) is 0 Å². The lowest BCUT2D eigenvalue weighted by molar-refractivity contribution is -0.139. The van der Waals surface area contributed by atoms with E-state index in [2.05, 4.69) is 24.5 Å². The molecule has 1 aromatic carbocycles. The summed E-state index contributed by atoms with van der Waals surface area (Å²) in [5.41, 5.74) is 0.880. The third-order valence-electron chi connectivity index (χ3n) is 3.68. The first kappa shape index (κ1) is 19.0. The van der Waals surface area contributed by atoms with Crippen molar-refractivity contribution in [2.75, 3.05) is 0 Å². The molecule has 0 aliphatic rings. The number of hydrogen-bond donors (Lipinski definition) is 3. The van der Waals surface area contributed by atoms with Crippen molar-refractivity contribution in [3.05, 3.63) is 35.9 Å². The number of nitrogens with one attached hydrogen (secondary N) is 2. The summed E-state index contributed by atoms with van der Waals surface area (Å²) in [6.07, 6.45) is 3.33. The van der Waals surface area contributed by atoms with E-state index in [0.29, 0.717) is 5.92 Å². The Morgan fingerprint density at radius 1 is 1.04 bits per heavy atom. The number of urea groups is 1. The number of hydrogen-bond acceptors (Lipinski definition) is 2. The van der Waals surface area contributed by atoms with Crippen molar-refractivity contribution in [2.24, 2.45) is 5.92 Å². The number of amides is 2. The fraction of sp³-hybridized carbons (Fsp3) is 0.556. The topological polar surface area (TPSA) is 78.4 Å². The zero-order chi connectivity index (χ0) is 17.2. The maximum Gasteiger partial charge on any atom is 0.326 e. The van der Waals surface area contributed by atoms with Gasteiger partial charge in [0, 0.05) is 12.5 Å². The first-order valence-electron chi connectivity index (χ1n) is 8.22. The van der Waals surface area contributed by atoms with Gasteiger partial charge in [-0.3, -0.25) is 0 Å². The Kier molecular flexibility index (Phi) is 8.16. The molecule has 0 aromatic heterocycles. The molecule has 0 bridgehead atoms. The summed E-state index contributed by atoms with van der Waals surface area (Å²) in [4.78, 5) is 23.3. The van der Waals surface area contributed by atoms with E-state index in [-0.39, 0.29) is 12.5 Å². The maximum absolute atomic E-state index is 12.0. The molecule has 0 saturated carbocycles. The van der Waals surface area contributed by atoms with Crippen molar-refractivity contribution in [2.45, 2.75) is 58.5 Å². The van der Waals surface area contributed by atoms with Crippen LogP contribution >= 0.6 is 0 Å². The van der Waals surface area contributed by atoms with Gasteiger partial charge in [0.1, 0.15) is 6.04 Å². The van der Waals surface area contributed by atoms with Crippen LogP contribution in [0.2, 0.25) is 0 Å². The Hall–Kier alpha value is -2.04. The van der Waals surface area contributed by atoms with E-state index in [0.717, 1.165) is 24.8 Å². The molecule has 5 heteroatoms. The van der Waals surface area contributed by atoms with Crippen LogP contribution in [0.15, 0.2) is 30.3 Å². The van der Waals surface area contributed by atoms with Crippen molar-refractivity contribution in [1.82, 2.24) is 10.6 Å². The molecule has 2 atom stereocenters. The van der Waals surface area contributed by atoms with Gasteiger partial charge in [0.25, 0.3) is 0 Å². The van der Waals surface area contributed by atoms with Crippen LogP contribution in [0.1, 0.15) is 45.6 Å². The molecule has 3 N–H and O–H groups in total. The van der Waals surface area contributed by atoms with E-state index in [1.807, 2.05) is 37.3 Å². The largest absolute Gasteiger partial charge is 0.480 e. The van der Waals surface area contributed by atoms with Gasteiger partial charge in [-0.25, -0.2) is 9.59 Å². The minimum atomic E-state index is -1.03. The zero-order valence-electron chi connectivity index (χ0n) is 14.2. The first-order chi connectivity index (χ1) is 10.9. The fourth-order valence-electron chi connectivity index (χ4n) is 2.38. The number of benzene rings is 1. The number of aliphatic carboxylic acids is 1. The summed E-state index contributed by atoms with van der Waals surface area (Å²) in [6.45, 7) is 6.28. The molecule has 0 radical (unpaired) electrons. The quantitative estimate of drug-likeness (QED) is 0.654. The van der Waals surface area contributed by atoms with Crippen LogP contribution in [0.3, 0.4) is 0 Å². The van der Waals surface area contributed by atoms with Crippen molar-refractivity contribution in [1.29, 1.82) is 0 Å². The van der Waals surface area contributed by atoms with Gasteiger partial charge in [-0.15, -0.1) is 0 Å². The molecule has 5 nitrogen and oxygen atoms in total. The van der Waals surface area contributed by atoms with Gasteiger partial charge in [0.15, 0.2) is 0 Å². The first-order valence-corrected chi connectivity index (χ1v) is 8.22. The highest BCUT2D eigenvalue weighted by molar-refractivity contribution is 5.82. The van der Waals surface area contributed by atoms with Crippen molar-refractivity contribution >= 4 is 12.0 Å². The van der Waals surface area contributed by atoms with Crippen molar-refractivity contribution in [3.8, 4) is 0 Å². The van der Waals surface area contributed by atoms with Gasteiger partial charge in [-0.1, -0.05) is 57.0 Å². The number of carbonyl (C=O) groups is 2. The molecule has 0 heterocycles. The number of carbonyl (C=O) groups excluding carboxylic acids is 1. The molecule has 128 valence electrons. The van der Waals surface area contributed by atoms with Crippen molar-refractivity contribution < 1.29 is 14.7 Å². The standard InChI is InChI=1S/C18H28N2O3/c1-13(2)8-7-9-14(3)19-18(23)20-16(17(21)22)12-15-10-5-4-6-11-15/h4-6,10-11,13-14,16H,7-9,12H2,1-3H3,(H,21,22)(H2,19,20,23)/t14-,16-/m0/s1. The second kappa shape index (κ2) is 9.87. The van der Waals surface area contributed by atoms with Gasteiger partial charge in [0.05, 0.1) is 0 Å². The lowest BCUT2D eigenvalue weighted by atomic mass is 10.0. The number of rotatable bonds is 9. The van der Waals surface area contributed by atoms with Gasteiger partial charge in [-0.05, 0) is 24.8 Å². The van der Waals surface area contributed by atoms with Crippen LogP contribution in [-0.4, -0.2) is 29.2 Å². The fourth-order valence-corrected chi connectivity index (χ4v) is 2.38. The Morgan fingerprint density at radius 3 is 2.26 bits per heavy atom. The SMILES string of the molecule is CC(C)CCC[C@H](C)NC(=O)N[C@@H](Cc1ccccc1)C(=O)O. The minimum absolute atomic E-state index is 0.0277. The zero-order valence-corrected chi connectivity index (χ0v) is 14.2. The van der Waals surface area contributed by atoms with Crippen LogP contribution in [0.4, 0.5) is 4.79 Å². The predicted molar refractivity (Wildman–Crippen MR) is 91.4 cm³/mol. The smallest absolute Gasteiger partial charge is 0.326 e. The maximum atomic E-state index is 12.0. The van der Waals surface area contributed by atoms with E-state index >= 15 is 0 Å². The van der Waals surface area contributed by atoms with E-state index < -0.39 is 18.0 Å². The Morgan fingerprint density at radius 2 is 1.70 bits per heavy atom. The molecule has 0 saturated heterocycles. The van der Waals surface area contributed by atoms with E-state index in [9.17, 15) is 14.7 Å². The Labute approximate surface area is 138 Å². The predicted octanol–water partition coefficient (Wildman–Crippen LogP) is 3.20. The van der Waals surface area contributed by atoms with Gasteiger partial charge in [-0.2, -0.15) is 0 Å². The monoisotopic (exact) mass is 320 g/mol. The van der Waals surface area contributed by atoms with Crippen LogP contribution in [0.25, 0.3) is 0 Å².